The number of anilines is 2. The van der Waals surface area contributed by atoms with Crippen LogP contribution in [0.4, 0.5) is 11.4 Å². The number of nitrogens with zero attached hydrogens (tertiary/aromatic N) is 3. The van der Waals surface area contributed by atoms with Crippen molar-refractivity contribution >= 4 is 25.3 Å². The van der Waals surface area contributed by atoms with Crippen LogP contribution in [0.15, 0.2) is 54.6 Å². The van der Waals surface area contributed by atoms with Crippen LogP contribution in [0.1, 0.15) is 32.8 Å². The second-order valence-corrected chi connectivity index (χ2v) is 8.26. The lowest BCUT2D eigenvalue weighted by molar-refractivity contribution is 0.426. The van der Waals surface area contributed by atoms with E-state index >= 15 is 0 Å². The molecule has 2 heterocycles. The van der Waals surface area contributed by atoms with Gasteiger partial charge in [0.25, 0.3) is 0 Å². The lowest BCUT2D eigenvalue weighted by atomic mass is 9.55. The summed E-state index contributed by atoms with van der Waals surface area (Å²) in [5.41, 5.74) is 4.23. The number of hydrogen-bond donors (Lipinski definition) is 0. The summed E-state index contributed by atoms with van der Waals surface area (Å²) in [5, 5.41) is 0. The van der Waals surface area contributed by atoms with E-state index in [4.69, 9.17) is 0 Å². The fourth-order valence-corrected chi connectivity index (χ4v) is 5.17. The van der Waals surface area contributed by atoms with E-state index in [0.717, 1.165) is 6.54 Å². The van der Waals surface area contributed by atoms with Crippen molar-refractivity contribution in [2.75, 3.05) is 16.2 Å². The Kier molecular flexibility index (Phi) is 4.31. The summed E-state index contributed by atoms with van der Waals surface area (Å²) in [4.78, 5) is 5.29. The highest BCUT2D eigenvalue weighted by molar-refractivity contribution is 6.77. The molecule has 4 rings (SSSR count). The number of para-hydroxylation sites is 2. The summed E-state index contributed by atoms with van der Waals surface area (Å²) in [6.07, 6.45) is 1.49. The van der Waals surface area contributed by atoms with Gasteiger partial charge in [-0.15, -0.1) is 0 Å². The first-order valence-corrected chi connectivity index (χ1v) is 9.95. The van der Waals surface area contributed by atoms with Crippen molar-refractivity contribution in [2.24, 2.45) is 0 Å². The Morgan fingerprint density at radius 3 is 2.19 bits per heavy atom. The van der Waals surface area contributed by atoms with Crippen LogP contribution in [0, 0.1) is 0 Å². The average molecular weight is 345 g/mol. The van der Waals surface area contributed by atoms with E-state index in [1.54, 1.807) is 0 Å². The minimum atomic E-state index is 0.0628. The van der Waals surface area contributed by atoms with Gasteiger partial charge in [-0.3, -0.25) is 0 Å². The Labute approximate surface area is 159 Å². The number of rotatable bonds is 3. The molecule has 1 atom stereocenters. The van der Waals surface area contributed by atoms with E-state index in [-0.39, 0.29) is 5.41 Å². The lowest BCUT2D eigenvalue weighted by Gasteiger charge is -2.56. The van der Waals surface area contributed by atoms with Crippen molar-refractivity contribution in [3.63, 3.8) is 0 Å². The van der Waals surface area contributed by atoms with Gasteiger partial charge in [-0.05, 0) is 36.7 Å². The molecule has 2 aromatic rings. The quantitative estimate of drug-likeness (QED) is 0.754. The van der Waals surface area contributed by atoms with Gasteiger partial charge < -0.3 is 14.3 Å². The Morgan fingerprint density at radius 2 is 1.50 bits per heavy atom. The number of fused-ring (bicyclic) bond motifs is 3. The molecule has 0 aromatic heterocycles. The van der Waals surface area contributed by atoms with Crippen LogP contribution in [0.3, 0.4) is 0 Å². The molecule has 1 saturated heterocycles. The second-order valence-electron chi connectivity index (χ2n) is 8.26. The molecule has 0 amide bonds. The summed E-state index contributed by atoms with van der Waals surface area (Å²) < 4.78 is 2.64. The maximum Gasteiger partial charge on any atom is 0.331 e. The molecule has 0 N–H and O–H groups in total. The smallest absolute Gasteiger partial charge is 0.331 e. The molecule has 2 aromatic carbocycles. The first-order valence-electron chi connectivity index (χ1n) is 9.95. The zero-order valence-corrected chi connectivity index (χ0v) is 16.7. The summed E-state index contributed by atoms with van der Waals surface area (Å²) in [7, 11) is 0. The maximum atomic E-state index is 2.65. The monoisotopic (exact) mass is 345 g/mol. The number of hydrogen-bond acceptors (Lipinski definition) is 3. The molecular weight excluding hydrogens is 316 g/mol. The molecule has 1 fully saturated rings. The van der Waals surface area contributed by atoms with Gasteiger partial charge in [-0.1, -0.05) is 70.8 Å². The summed E-state index contributed by atoms with van der Waals surface area (Å²) in [5.74, 6) is 0. The molecule has 26 heavy (non-hydrogen) atoms. The van der Waals surface area contributed by atoms with Gasteiger partial charge in [0.15, 0.2) is 0 Å². The fraction of sp³-hybridized carbons (Fsp3) is 0.429. The molecular formula is C21H29B2N3. The molecule has 134 valence electrons. The minimum absolute atomic E-state index is 0.0628. The minimum Gasteiger partial charge on any atom is -0.382 e. The standard InChI is InChI=1S/C21H29B2N3/c1-6-16-24-22(4)25(17-12-8-7-9-13-17)20-21(2,3)18-14-10-11-15-19(18)26(20)23(24)5/h7-15,20H,6,16H2,1-5H3. The zero-order valence-electron chi connectivity index (χ0n) is 16.7. The van der Waals surface area contributed by atoms with Crippen molar-refractivity contribution in [2.45, 2.75) is 52.4 Å². The third-order valence-electron chi connectivity index (χ3n) is 6.35. The molecule has 0 spiro atoms. The summed E-state index contributed by atoms with van der Waals surface area (Å²) in [6.45, 7) is 13.7. The van der Waals surface area contributed by atoms with E-state index in [0.29, 0.717) is 20.1 Å². The van der Waals surface area contributed by atoms with Crippen molar-refractivity contribution in [3.05, 3.63) is 60.2 Å². The van der Waals surface area contributed by atoms with Gasteiger partial charge in [-0.25, -0.2) is 0 Å². The Bertz CT molecular complexity index is 780. The van der Waals surface area contributed by atoms with Crippen molar-refractivity contribution in [3.8, 4) is 0 Å². The first kappa shape index (κ1) is 17.5. The average Bonchev–Trinajstić information content (AvgIpc) is 2.88. The highest BCUT2D eigenvalue weighted by Crippen LogP contribution is 2.50. The van der Waals surface area contributed by atoms with Crippen molar-refractivity contribution < 1.29 is 0 Å². The molecule has 0 radical (unpaired) electrons. The van der Waals surface area contributed by atoms with E-state index in [1.165, 1.54) is 23.4 Å². The molecule has 0 saturated carbocycles. The molecule has 1 unspecified atom stereocenters. The highest BCUT2D eigenvalue weighted by atomic mass is 15.4. The van der Waals surface area contributed by atoms with Gasteiger partial charge in [0.1, 0.15) is 0 Å². The van der Waals surface area contributed by atoms with Crippen LogP contribution in [-0.4, -0.2) is 31.4 Å². The van der Waals surface area contributed by atoms with E-state index in [9.17, 15) is 0 Å². The van der Waals surface area contributed by atoms with Crippen LogP contribution in [0.25, 0.3) is 0 Å². The SMILES string of the molecule is CCCN1B(C)N(c2ccccc2)C2N(B1C)c1ccccc1C2(C)C. The normalized spacial score (nSPS) is 21.8. The first-order chi connectivity index (χ1) is 12.5. The molecule has 0 aliphatic carbocycles. The third-order valence-corrected chi connectivity index (χ3v) is 6.35. The Balaban J connectivity index is 1.89. The Hall–Kier alpha value is -1.87. The van der Waals surface area contributed by atoms with Gasteiger partial charge in [0, 0.05) is 16.8 Å². The number of benzene rings is 2. The highest BCUT2D eigenvalue weighted by Gasteiger charge is 2.56. The van der Waals surface area contributed by atoms with Crippen LogP contribution in [-0.2, 0) is 5.41 Å². The van der Waals surface area contributed by atoms with Crippen LogP contribution < -0.4 is 9.62 Å². The van der Waals surface area contributed by atoms with Crippen LogP contribution >= 0.6 is 0 Å². The molecule has 0 bridgehead atoms. The van der Waals surface area contributed by atoms with Crippen LogP contribution in [0.5, 0.6) is 0 Å². The predicted octanol–water partition coefficient (Wildman–Crippen LogP) is 4.58. The molecule has 3 nitrogen and oxygen atoms in total. The van der Waals surface area contributed by atoms with Gasteiger partial charge in [0.05, 0.1) is 6.17 Å². The van der Waals surface area contributed by atoms with Crippen molar-refractivity contribution in [1.29, 1.82) is 0 Å². The van der Waals surface area contributed by atoms with Gasteiger partial charge >= 0.3 is 14.0 Å². The largest absolute Gasteiger partial charge is 0.382 e. The van der Waals surface area contributed by atoms with Crippen molar-refractivity contribution in [1.82, 2.24) is 4.72 Å². The molecule has 2 aliphatic heterocycles. The second kappa shape index (κ2) is 6.38. The van der Waals surface area contributed by atoms with E-state index < -0.39 is 0 Å². The fourth-order valence-electron chi connectivity index (χ4n) is 5.17. The zero-order chi connectivity index (χ0) is 18.5. The lowest BCUT2D eigenvalue weighted by Crippen LogP contribution is -2.76. The van der Waals surface area contributed by atoms with Crippen LogP contribution in [0.2, 0.25) is 13.6 Å². The van der Waals surface area contributed by atoms with E-state index in [2.05, 4.69) is 103 Å². The topological polar surface area (TPSA) is 9.72 Å². The predicted molar refractivity (Wildman–Crippen MR) is 115 cm³/mol. The summed E-state index contributed by atoms with van der Waals surface area (Å²) >= 11 is 0. The molecule has 2 aliphatic rings. The van der Waals surface area contributed by atoms with Gasteiger partial charge in [-0.2, -0.15) is 0 Å². The Morgan fingerprint density at radius 1 is 0.885 bits per heavy atom. The maximum absolute atomic E-state index is 2.65. The molecule has 5 heteroatoms. The van der Waals surface area contributed by atoms with Gasteiger partial charge in [0.2, 0.25) is 0 Å². The van der Waals surface area contributed by atoms with E-state index in [1.807, 2.05) is 0 Å². The third kappa shape index (κ3) is 2.40. The summed E-state index contributed by atoms with van der Waals surface area (Å²) in [6, 6.07) is 19.9.